The molecule has 0 aromatic carbocycles. The summed E-state index contributed by atoms with van der Waals surface area (Å²) >= 11 is 0. The smallest absolute Gasteiger partial charge is 0.337 e. The number of nitrogens with one attached hydrogen (secondary N) is 1. The van der Waals surface area contributed by atoms with Gasteiger partial charge in [0.15, 0.2) is 0 Å². The van der Waals surface area contributed by atoms with Gasteiger partial charge in [0.05, 0.1) is 11.3 Å². The summed E-state index contributed by atoms with van der Waals surface area (Å²) < 4.78 is 0. The Morgan fingerprint density at radius 2 is 2.21 bits per heavy atom. The fourth-order valence-corrected chi connectivity index (χ4v) is 2.76. The van der Waals surface area contributed by atoms with Crippen molar-refractivity contribution in [3.8, 4) is 0 Å². The van der Waals surface area contributed by atoms with Crippen molar-refractivity contribution in [2.45, 2.75) is 45.7 Å². The Hall–Kier alpha value is -1.42. The number of carbonyl (C=O) groups is 1. The highest BCUT2D eigenvalue weighted by Gasteiger charge is 2.26. The summed E-state index contributed by atoms with van der Waals surface area (Å²) in [4.78, 5) is 14.9. The summed E-state index contributed by atoms with van der Waals surface area (Å²) in [6.45, 7) is 5.34. The van der Waals surface area contributed by atoms with Gasteiger partial charge >= 0.3 is 5.97 Å². The number of hydrogen-bond donors (Lipinski definition) is 2. The van der Waals surface area contributed by atoms with Crippen LogP contribution in [0.2, 0.25) is 0 Å². The maximum absolute atomic E-state index is 10.7. The first kappa shape index (κ1) is 14.0. The molecule has 19 heavy (non-hydrogen) atoms. The number of pyridine rings is 1. The zero-order chi connectivity index (χ0) is 13.8. The number of aromatic nitrogens is 1. The molecule has 0 amide bonds. The van der Waals surface area contributed by atoms with Crippen LogP contribution in [-0.2, 0) is 6.54 Å². The summed E-state index contributed by atoms with van der Waals surface area (Å²) in [6, 6.07) is 3.94. The van der Waals surface area contributed by atoms with E-state index in [0.717, 1.165) is 11.6 Å². The quantitative estimate of drug-likeness (QED) is 0.875. The molecule has 1 aliphatic carbocycles. The van der Waals surface area contributed by atoms with Crippen molar-refractivity contribution in [2.24, 2.45) is 11.8 Å². The third-order valence-corrected chi connectivity index (χ3v) is 4.32. The van der Waals surface area contributed by atoms with E-state index in [-0.39, 0.29) is 5.56 Å². The van der Waals surface area contributed by atoms with Gasteiger partial charge in [0.1, 0.15) is 0 Å². The molecule has 1 aromatic heterocycles. The van der Waals surface area contributed by atoms with Crippen molar-refractivity contribution in [3.63, 3.8) is 0 Å². The summed E-state index contributed by atoms with van der Waals surface area (Å²) in [7, 11) is 0. The summed E-state index contributed by atoms with van der Waals surface area (Å²) in [5, 5.41) is 12.4. The monoisotopic (exact) mass is 262 g/mol. The number of rotatable bonds is 4. The molecular formula is C15H22N2O2. The van der Waals surface area contributed by atoms with Crippen LogP contribution in [0.3, 0.4) is 0 Å². The van der Waals surface area contributed by atoms with Crippen LogP contribution < -0.4 is 5.32 Å². The van der Waals surface area contributed by atoms with E-state index in [2.05, 4.69) is 24.1 Å². The molecule has 1 aromatic rings. The van der Waals surface area contributed by atoms with Gasteiger partial charge in [0, 0.05) is 18.8 Å². The van der Waals surface area contributed by atoms with Crippen molar-refractivity contribution in [1.82, 2.24) is 10.3 Å². The Morgan fingerprint density at radius 1 is 1.42 bits per heavy atom. The van der Waals surface area contributed by atoms with Crippen LogP contribution in [0.5, 0.6) is 0 Å². The van der Waals surface area contributed by atoms with Gasteiger partial charge in [-0.1, -0.05) is 26.7 Å². The Balaban J connectivity index is 1.89. The third-order valence-electron chi connectivity index (χ3n) is 4.32. The molecule has 1 heterocycles. The summed E-state index contributed by atoms with van der Waals surface area (Å²) in [5.74, 6) is 0.530. The van der Waals surface area contributed by atoms with Crippen molar-refractivity contribution < 1.29 is 9.90 Å². The molecule has 1 fully saturated rings. The Kier molecular flexibility index (Phi) is 4.53. The number of nitrogens with zero attached hydrogens (tertiary/aromatic N) is 1. The van der Waals surface area contributed by atoms with Gasteiger partial charge in [0.25, 0.3) is 0 Å². The SMILES string of the molecule is CC1CCCC(NCc2ccc(C(=O)O)cn2)C1C. The average Bonchev–Trinajstić information content (AvgIpc) is 2.41. The van der Waals surface area contributed by atoms with E-state index >= 15 is 0 Å². The lowest BCUT2D eigenvalue weighted by atomic mass is 9.78. The molecule has 3 atom stereocenters. The number of carboxylic acids is 1. The Bertz CT molecular complexity index is 430. The topological polar surface area (TPSA) is 62.2 Å². The molecular weight excluding hydrogens is 240 g/mol. The van der Waals surface area contributed by atoms with Gasteiger partial charge in [0.2, 0.25) is 0 Å². The zero-order valence-electron chi connectivity index (χ0n) is 11.6. The van der Waals surface area contributed by atoms with Crippen LogP contribution in [0.1, 0.15) is 49.2 Å². The van der Waals surface area contributed by atoms with Gasteiger partial charge in [-0.05, 0) is 30.4 Å². The van der Waals surface area contributed by atoms with Gasteiger partial charge in [-0.25, -0.2) is 4.79 Å². The van der Waals surface area contributed by atoms with Gasteiger partial charge in [-0.3, -0.25) is 4.98 Å². The molecule has 4 heteroatoms. The largest absolute Gasteiger partial charge is 0.478 e. The molecule has 2 N–H and O–H groups in total. The van der Waals surface area contributed by atoms with E-state index in [1.807, 2.05) is 0 Å². The Morgan fingerprint density at radius 3 is 2.84 bits per heavy atom. The second-order valence-corrected chi connectivity index (χ2v) is 5.60. The Labute approximate surface area is 114 Å². The van der Waals surface area contributed by atoms with E-state index in [0.29, 0.717) is 18.5 Å². The lowest BCUT2D eigenvalue weighted by molar-refractivity contribution is 0.0696. The van der Waals surface area contributed by atoms with Gasteiger partial charge in [-0.2, -0.15) is 0 Å². The molecule has 0 bridgehead atoms. The molecule has 1 saturated carbocycles. The zero-order valence-corrected chi connectivity index (χ0v) is 11.6. The maximum atomic E-state index is 10.7. The predicted molar refractivity (Wildman–Crippen MR) is 74.0 cm³/mol. The fraction of sp³-hybridized carbons (Fsp3) is 0.600. The molecule has 0 saturated heterocycles. The molecule has 104 valence electrons. The lowest BCUT2D eigenvalue weighted by Crippen LogP contribution is -2.40. The maximum Gasteiger partial charge on any atom is 0.337 e. The van der Waals surface area contributed by atoms with Gasteiger partial charge in [-0.15, -0.1) is 0 Å². The van der Waals surface area contributed by atoms with Crippen LogP contribution in [0.4, 0.5) is 0 Å². The fourth-order valence-electron chi connectivity index (χ4n) is 2.76. The predicted octanol–water partition coefficient (Wildman–Crippen LogP) is 2.69. The molecule has 0 spiro atoms. The van der Waals surface area contributed by atoms with Crippen molar-refractivity contribution in [1.29, 1.82) is 0 Å². The normalized spacial score (nSPS) is 27.2. The molecule has 1 aliphatic rings. The highest BCUT2D eigenvalue weighted by Crippen LogP contribution is 2.29. The van der Waals surface area contributed by atoms with Crippen LogP contribution in [-0.4, -0.2) is 22.1 Å². The molecule has 2 rings (SSSR count). The first-order chi connectivity index (χ1) is 9.08. The molecule has 0 radical (unpaired) electrons. The lowest BCUT2D eigenvalue weighted by Gasteiger charge is -2.34. The first-order valence-electron chi connectivity index (χ1n) is 6.99. The standard InChI is InChI=1S/C15H22N2O2/c1-10-4-3-5-14(11(10)2)17-9-13-7-6-12(8-16-13)15(18)19/h6-8,10-11,14,17H,3-5,9H2,1-2H3,(H,18,19). The van der Waals surface area contributed by atoms with E-state index in [1.54, 1.807) is 12.1 Å². The minimum atomic E-state index is -0.929. The highest BCUT2D eigenvalue weighted by molar-refractivity contribution is 5.87. The summed E-state index contributed by atoms with van der Waals surface area (Å²) in [6.07, 6.45) is 5.25. The van der Waals surface area contributed by atoms with Crippen LogP contribution >= 0.6 is 0 Å². The van der Waals surface area contributed by atoms with Gasteiger partial charge < -0.3 is 10.4 Å². The summed E-state index contributed by atoms with van der Waals surface area (Å²) in [5.41, 5.74) is 1.14. The second-order valence-electron chi connectivity index (χ2n) is 5.60. The van der Waals surface area contributed by atoms with Crippen LogP contribution in [0, 0.1) is 11.8 Å². The van der Waals surface area contributed by atoms with Crippen LogP contribution in [0.25, 0.3) is 0 Å². The van der Waals surface area contributed by atoms with Crippen molar-refractivity contribution in [2.75, 3.05) is 0 Å². The number of hydrogen-bond acceptors (Lipinski definition) is 3. The minimum absolute atomic E-state index is 0.239. The second kappa shape index (κ2) is 6.15. The number of carboxylic acid groups (broad SMARTS) is 1. The van der Waals surface area contributed by atoms with E-state index < -0.39 is 5.97 Å². The highest BCUT2D eigenvalue weighted by atomic mass is 16.4. The first-order valence-corrected chi connectivity index (χ1v) is 6.99. The van der Waals surface area contributed by atoms with E-state index in [9.17, 15) is 4.79 Å². The average molecular weight is 262 g/mol. The molecule has 0 aliphatic heterocycles. The molecule has 4 nitrogen and oxygen atoms in total. The number of aromatic carboxylic acids is 1. The van der Waals surface area contributed by atoms with Crippen molar-refractivity contribution >= 4 is 5.97 Å². The van der Waals surface area contributed by atoms with E-state index in [4.69, 9.17) is 5.11 Å². The third kappa shape index (κ3) is 3.53. The van der Waals surface area contributed by atoms with Crippen molar-refractivity contribution in [3.05, 3.63) is 29.6 Å². The van der Waals surface area contributed by atoms with Crippen LogP contribution in [0.15, 0.2) is 18.3 Å². The van der Waals surface area contributed by atoms with E-state index in [1.165, 1.54) is 25.5 Å². The minimum Gasteiger partial charge on any atom is -0.478 e. The molecule has 3 unspecified atom stereocenters.